The molecule has 1 aromatic heterocycles. The Kier molecular flexibility index (Phi) is 3.56. The molecule has 2 rings (SSSR count). The lowest BCUT2D eigenvalue weighted by Gasteiger charge is -2.07. The monoisotopic (exact) mass is 260 g/mol. The van der Waals surface area contributed by atoms with E-state index < -0.39 is 11.9 Å². The van der Waals surface area contributed by atoms with E-state index in [9.17, 15) is 9.59 Å². The minimum atomic E-state index is -0.963. The van der Waals surface area contributed by atoms with Crippen LogP contribution >= 0.6 is 0 Å². The highest BCUT2D eigenvalue weighted by atomic mass is 16.4. The highest BCUT2D eigenvalue weighted by Gasteiger charge is 2.14. The van der Waals surface area contributed by atoms with E-state index in [4.69, 9.17) is 5.11 Å². The lowest BCUT2D eigenvalue weighted by molar-refractivity contribution is -0.136. The third-order valence-corrected chi connectivity index (χ3v) is 2.41. The normalized spacial score (nSPS) is 10.2. The van der Waals surface area contributed by atoms with Gasteiger partial charge in [-0.1, -0.05) is 18.2 Å². The van der Waals surface area contributed by atoms with Gasteiger partial charge in [0, 0.05) is 5.69 Å². The fraction of sp³-hybridized carbons (Fsp3) is 0.167. The largest absolute Gasteiger partial charge is 0.481 e. The van der Waals surface area contributed by atoms with Crippen molar-refractivity contribution in [3.8, 4) is 0 Å². The Bertz CT molecular complexity index is 621. The smallest absolute Gasteiger partial charge is 0.307 e. The second-order valence-electron chi connectivity index (χ2n) is 3.93. The number of amides is 1. The Morgan fingerprint density at radius 3 is 2.74 bits per heavy atom. The molecule has 2 aromatic rings. The first kappa shape index (κ1) is 12.7. The van der Waals surface area contributed by atoms with Gasteiger partial charge >= 0.3 is 5.97 Å². The zero-order chi connectivity index (χ0) is 13.8. The molecular weight excluding hydrogens is 248 g/mol. The van der Waals surface area contributed by atoms with Gasteiger partial charge in [0.25, 0.3) is 5.91 Å². The summed E-state index contributed by atoms with van der Waals surface area (Å²) in [5, 5.41) is 17.7. The average Bonchev–Trinajstić information content (AvgIpc) is 2.78. The number of para-hydroxylation sites is 1. The molecule has 0 spiro atoms. The molecule has 0 fully saturated rings. The number of aliphatic carboxylic acids is 1. The summed E-state index contributed by atoms with van der Waals surface area (Å²) < 4.78 is 0. The molecule has 0 aliphatic heterocycles. The summed E-state index contributed by atoms with van der Waals surface area (Å²) in [5.41, 5.74) is 0.966. The third kappa shape index (κ3) is 3.15. The van der Waals surface area contributed by atoms with Crippen molar-refractivity contribution in [2.75, 3.05) is 5.32 Å². The lowest BCUT2D eigenvalue weighted by Crippen LogP contribution is -2.16. The lowest BCUT2D eigenvalue weighted by atomic mass is 10.1. The molecule has 0 aliphatic rings. The number of H-pyrrole nitrogens is 1. The highest BCUT2D eigenvalue weighted by Crippen LogP contribution is 2.16. The second kappa shape index (κ2) is 5.30. The number of rotatable bonds is 4. The summed E-state index contributed by atoms with van der Waals surface area (Å²) in [7, 11) is 0. The average molecular weight is 260 g/mol. The zero-order valence-electron chi connectivity index (χ0n) is 10.2. The van der Waals surface area contributed by atoms with Crippen molar-refractivity contribution in [3.05, 3.63) is 41.5 Å². The summed E-state index contributed by atoms with van der Waals surface area (Å²) in [6.07, 6.45) is -0.163. The number of anilines is 1. The van der Waals surface area contributed by atoms with E-state index in [1.54, 1.807) is 31.2 Å². The van der Waals surface area contributed by atoms with Crippen LogP contribution in [-0.4, -0.2) is 32.2 Å². The van der Waals surface area contributed by atoms with E-state index in [-0.39, 0.29) is 12.2 Å². The molecule has 1 aromatic carbocycles. The van der Waals surface area contributed by atoms with Crippen molar-refractivity contribution >= 4 is 17.6 Å². The van der Waals surface area contributed by atoms with E-state index in [0.29, 0.717) is 17.1 Å². The number of nitrogens with zero attached hydrogens (tertiary/aromatic N) is 2. The van der Waals surface area contributed by atoms with Gasteiger partial charge in [0.1, 0.15) is 5.82 Å². The minimum Gasteiger partial charge on any atom is -0.481 e. The predicted molar refractivity (Wildman–Crippen MR) is 66.9 cm³/mol. The van der Waals surface area contributed by atoms with Crippen molar-refractivity contribution < 1.29 is 14.7 Å². The van der Waals surface area contributed by atoms with Crippen LogP contribution in [0.15, 0.2) is 24.3 Å². The molecule has 1 amide bonds. The summed E-state index contributed by atoms with van der Waals surface area (Å²) in [6, 6.07) is 6.71. The first-order valence-corrected chi connectivity index (χ1v) is 5.56. The van der Waals surface area contributed by atoms with E-state index in [2.05, 4.69) is 20.5 Å². The first-order valence-electron chi connectivity index (χ1n) is 5.56. The highest BCUT2D eigenvalue weighted by molar-refractivity contribution is 6.02. The van der Waals surface area contributed by atoms with Crippen LogP contribution in [0.25, 0.3) is 0 Å². The molecular formula is C12H12N4O3. The van der Waals surface area contributed by atoms with Crippen LogP contribution in [0.3, 0.4) is 0 Å². The van der Waals surface area contributed by atoms with Crippen LogP contribution in [0.5, 0.6) is 0 Å². The molecule has 0 aliphatic carbocycles. The number of carbonyl (C=O) groups is 2. The Hall–Kier alpha value is -2.70. The Labute approximate surface area is 108 Å². The van der Waals surface area contributed by atoms with Crippen molar-refractivity contribution in [1.82, 2.24) is 15.2 Å². The second-order valence-corrected chi connectivity index (χ2v) is 3.93. The molecule has 0 unspecified atom stereocenters. The van der Waals surface area contributed by atoms with Crippen molar-refractivity contribution in [1.29, 1.82) is 0 Å². The summed E-state index contributed by atoms with van der Waals surface area (Å²) >= 11 is 0. The fourth-order valence-corrected chi connectivity index (χ4v) is 1.58. The molecule has 19 heavy (non-hydrogen) atoms. The van der Waals surface area contributed by atoms with Gasteiger partial charge in [0.2, 0.25) is 5.82 Å². The number of carbonyl (C=O) groups excluding carboxylic acids is 1. The third-order valence-electron chi connectivity index (χ3n) is 2.41. The maximum absolute atomic E-state index is 11.9. The number of aromatic nitrogens is 3. The van der Waals surface area contributed by atoms with Gasteiger partial charge in [-0.3, -0.25) is 14.7 Å². The molecule has 98 valence electrons. The molecule has 0 saturated carbocycles. The van der Waals surface area contributed by atoms with Gasteiger partial charge < -0.3 is 10.4 Å². The summed E-state index contributed by atoms with van der Waals surface area (Å²) in [6.45, 7) is 1.68. The molecule has 0 bridgehead atoms. The van der Waals surface area contributed by atoms with Crippen LogP contribution in [0.4, 0.5) is 5.69 Å². The maximum atomic E-state index is 11.9. The standard InChI is InChI=1S/C12H12N4O3/c1-7-13-11(16-15-7)12(19)14-9-5-3-2-4-8(9)6-10(17)18/h2-5H,6H2,1H3,(H,14,19)(H,17,18)(H,13,15,16). The molecule has 7 nitrogen and oxygen atoms in total. The Morgan fingerprint density at radius 2 is 2.11 bits per heavy atom. The van der Waals surface area contributed by atoms with E-state index in [1.807, 2.05) is 0 Å². The SMILES string of the molecule is Cc1nc(C(=O)Nc2ccccc2CC(=O)O)n[nH]1. The van der Waals surface area contributed by atoms with Crippen molar-refractivity contribution in [2.24, 2.45) is 0 Å². The molecule has 1 heterocycles. The van der Waals surface area contributed by atoms with Gasteiger partial charge in [-0.15, -0.1) is 5.10 Å². The van der Waals surface area contributed by atoms with Crippen LogP contribution in [-0.2, 0) is 11.2 Å². The van der Waals surface area contributed by atoms with Crippen LogP contribution < -0.4 is 5.32 Å². The predicted octanol–water partition coefficient (Wildman–Crippen LogP) is 0.993. The van der Waals surface area contributed by atoms with Crippen LogP contribution in [0, 0.1) is 6.92 Å². The topological polar surface area (TPSA) is 108 Å². The van der Waals surface area contributed by atoms with Crippen molar-refractivity contribution in [3.63, 3.8) is 0 Å². The molecule has 7 heteroatoms. The minimum absolute atomic E-state index is 0.0163. The number of nitrogens with one attached hydrogen (secondary N) is 2. The van der Waals surface area contributed by atoms with Gasteiger partial charge in [0.15, 0.2) is 0 Å². The number of benzene rings is 1. The van der Waals surface area contributed by atoms with Crippen LogP contribution in [0.1, 0.15) is 22.0 Å². The number of carboxylic acid groups (broad SMARTS) is 1. The van der Waals surface area contributed by atoms with Crippen molar-refractivity contribution in [2.45, 2.75) is 13.3 Å². The Balaban J connectivity index is 2.19. The quantitative estimate of drug-likeness (QED) is 0.759. The molecule has 0 atom stereocenters. The number of hydrogen-bond donors (Lipinski definition) is 3. The van der Waals surface area contributed by atoms with E-state index in [0.717, 1.165) is 0 Å². The molecule has 0 saturated heterocycles. The number of aromatic amines is 1. The first-order chi connectivity index (χ1) is 9.06. The van der Waals surface area contributed by atoms with Gasteiger partial charge in [-0.2, -0.15) is 0 Å². The maximum Gasteiger partial charge on any atom is 0.307 e. The number of aryl methyl sites for hydroxylation is 1. The zero-order valence-corrected chi connectivity index (χ0v) is 10.2. The van der Waals surface area contributed by atoms with Gasteiger partial charge in [0.05, 0.1) is 6.42 Å². The van der Waals surface area contributed by atoms with Crippen LogP contribution in [0.2, 0.25) is 0 Å². The van der Waals surface area contributed by atoms with E-state index >= 15 is 0 Å². The Morgan fingerprint density at radius 1 is 1.37 bits per heavy atom. The van der Waals surface area contributed by atoms with Gasteiger partial charge in [-0.25, -0.2) is 4.98 Å². The molecule has 3 N–H and O–H groups in total. The fourth-order valence-electron chi connectivity index (χ4n) is 1.58. The summed E-state index contributed by atoms with van der Waals surface area (Å²) in [4.78, 5) is 26.5. The summed E-state index contributed by atoms with van der Waals surface area (Å²) in [5.74, 6) is -0.899. The van der Waals surface area contributed by atoms with E-state index in [1.165, 1.54) is 0 Å². The molecule has 0 radical (unpaired) electrons. The van der Waals surface area contributed by atoms with Gasteiger partial charge in [-0.05, 0) is 18.6 Å². The number of carboxylic acids is 1. The number of hydrogen-bond acceptors (Lipinski definition) is 4.